The first-order valence-electron chi connectivity index (χ1n) is 5.35. The van der Waals surface area contributed by atoms with Crippen LogP contribution in [0.25, 0.3) is 0 Å². The van der Waals surface area contributed by atoms with Crippen LogP contribution in [0.1, 0.15) is 18.1 Å². The molecule has 0 radical (unpaired) electrons. The maximum atomic E-state index is 6.17. The van der Waals surface area contributed by atoms with Crippen LogP contribution >= 0.6 is 34.2 Å². The van der Waals surface area contributed by atoms with Gasteiger partial charge in [0.2, 0.25) is 0 Å². The van der Waals surface area contributed by atoms with Crippen molar-refractivity contribution in [3.8, 4) is 0 Å². The lowest BCUT2D eigenvalue weighted by Crippen LogP contribution is -2.18. The Kier molecular flexibility index (Phi) is 4.88. The van der Waals surface area contributed by atoms with Gasteiger partial charge >= 0.3 is 0 Å². The first-order chi connectivity index (χ1) is 7.81. The maximum Gasteiger partial charge on any atom is 0.0933 e. The molecule has 1 aliphatic rings. The van der Waals surface area contributed by atoms with Gasteiger partial charge in [0.1, 0.15) is 0 Å². The van der Waals surface area contributed by atoms with Crippen LogP contribution in [0.15, 0.2) is 24.3 Å². The Balaban J connectivity index is 2.06. The summed E-state index contributed by atoms with van der Waals surface area (Å²) in [5.41, 5.74) is 1.07. The van der Waals surface area contributed by atoms with Gasteiger partial charge in [0.15, 0.2) is 0 Å². The highest BCUT2D eigenvalue weighted by Crippen LogP contribution is 2.29. The molecule has 0 aliphatic carbocycles. The molecule has 2 atom stereocenters. The van der Waals surface area contributed by atoms with Crippen molar-refractivity contribution in [2.45, 2.75) is 18.6 Å². The van der Waals surface area contributed by atoms with Gasteiger partial charge in [-0.05, 0) is 12.5 Å². The molecule has 2 nitrogen and oxygen atoms in total. The van der Waals surface area contributed by atoms with E-state index in [0.29, 0.717) is 6.61 Å². The van der Waals surface area contributed by atoms with Crippen LogP contribution in [0.4, 0.5) is 0 Å². The number of hydrogen-bond acceptors (Lipinski definition) is 2. The minimum Gasteiger partial charge on any atom is -0.379 e. The van der Waals surface area contributed by atoms with Crippen molar-refractivity contribution in [3.63, 3.8) is 0 Å². The molecule has 0 bridgehead atoms. The molecule has 16 heavy (non-hydrogen) atoms. The smallest absolute Gasteiger partial charge is 0.0933 e. The van der Waals surface area contributed by atoms with Gasteiger partial charge in [0, 0.05) is 21.6 Å². The molecule has 0 saturated carbocycles. The third-order valence-corrected chi connectivity index (χ3v) is 3.78. The van der Waals surface area contributed by atoms with Crippen LogP contribution in [-0.4, -0.2) is 23.7 Å². The number of hydrogen-bond donors (Lipinski definition) is 0. The Morgan fingerprint density at radius 1 is 1.50 bits per heavy atom. The molecule has 1 heterocycles. The van der Waals surface area contributed by atoms with E-state index in [1.54, 1.807) is 0 Å². The van der Waals surface area contributed by atoms with Gasteiger partial charge < -0.3 is 9.47 Å². The quantitative estimate of drug-likeness (QED) is 0.609. The van der Waals surface area contributed by atoms with E-state index in [-0.39, 0.29) is 12.2 Å². The molecular formula is C12H14ClIO2. The van der Waals surface area contributed by atoms with Crippen LogP contribution in [0.3, 0.4) is 0 Å². The van der Waals surface area contributed by atoms with E-state index in [1.165, 1.54) is 0 Å². The zero-order valence-corrected chi connectivity index (χ0v) is 11.8. The maximum absolute atomic E-state index is 6.17. The molecule has 4 heteroatoms. The lowest BCUT2D eigenvalue weighted by atomic mass is 10.1. The topological polar surface area (TPSA) is 18.5 Å². The summed E-state index contributed by atoms with van der Waals surface area (Å²) in [5, 5.41) is 0.781. The van der Waals surface area contributed by atoms with Crippen LogP contribution in [0.5, 0.6) is 0 Å². The van der Waals surface area contributed by atoms with Crippen LogP contribution in [-0.2, 0) is 9.47 Å². The van der Waals surface area contributed by atoms with Crippen molar-refractivity contribution in [3.05, 3.63) is 34.9 Å². The number of benzene rings is 1. The average molecular weight is 353 g/mol. The summed E-state index contributed by atoms with van der Waals surface area (Å²) in [4.78, 5) is 0. The highest BCUT2D eigenvalue weighted by molar-refractivity contribution is 14.1. The molecule has 0 aromatic heterocycles. The molecule has 1 aromatic carbocycles. The van der Waals surface area contributed by atoms with E-state index in [0.717, 1.165) is 28.0 Å². The van der Waals surface area contributed by atoms with Crippen molar-refractivity contribution in [1.29, 1.82) is 0 Å². The molecule has 1 aliphatic heterocycles. The number of halogens is 2. The lowest BCUT2D eigenvalue weighted by molar-refractivity contribution is -0.00378. The Labute approximate surface area is 114 Å². The van der Waals surface area contributed by atoms with Crippen molar-refractivity contribution in [2.24, 2.45) is 0 Å². The van der Waals surface area contributed by atoms with Gasteiger partial charge in [0.25, 0.3) is 0 Å². The van der Waals surface area contributed by atoms with Gasteiger partial charge in [-0.15, -0.1) is 0 Å². The summed E-state index contributed by atoms with van der Waals surface area (Å²) in [6.45, 7) is 1.51. The van der Waals surface area contributed by atoms with Crippen LogP contribution in [0, 0.1) is 0 Å². The zero-order valence-electron chi connectivity index (χ0n) is 8.86. The molecule has 88 valence electrons. The first-order valence-corrected chi connectivity index (χ1v) is 7.25. The molecule has 2 rings (SSSR count). The molecule has 0 amide bonds. The third kappa shape index (κ3) is 3.09. The fourth-order valence-electron chi connectivity index (χ4n) is 1.78. The predicted molar refractivity (Wildman–Crippen MR) is 73.4 cm³/mol. The number of alkyl halides is 1. The van der Waals surface area contributed by atoms with Crippen molar-refractivity contribution < 1.29 is 9.47 Å². The third-order valence-electron chi connectivity index (χ3n) is 2.64. The largest absolute Gasteiger partial charge is 0.379 e. The monoisotopic (exact) mass is 352 g/mol. The Bertz CT molecular complexity index is 340. The van der Waals surface area contributed by atoms with Crippen LogP contribution < -0.4 is 0 Å². The lowest BCUT2D eigenvalue weighted by Gasteiger charge is -2.20. The predicted octanol–water partition coefficient (Wildman–Crippen LogP) is 3.62. The fraction of sp³-hybridized carbons (Fsp3) is 0.500. The Morgan fingerprint density at radius 2 is 2.31 bits per heavy atom. The van der Waals surface area contributed by atoms with Gasteiger partial charge in [-0.25, -0.2) is 0 Å². The van der Waals surface area contributed by atoms with E-state index >= 15 is 0 Å². The normalized spacial score (nSPS) is 22.2. The molecule has 2 unspecified atom stereocenters. The van der Waals surface area contributed by atoms with E-state index in [9.17, 15) is 0 Å². The van der Waals surface area contributed by atoms with Crippen LogP contribution in [0.2, 0.25) is 5.02 Å². The van der Waals surface area contributed by atoms with E-state index in [1.807, 2.05) is 24.3 Å². The Hall–Kier alpha value is 0.160. The minimum atomic E-state index is 0.0704. The van der Waals surface area contributed by atoms with Gasteiger partial charge in [-0.2, -0.15) is 0 Å². The van der Waals surface area contributed by atoms with Crippen molar-refractivity contribution in [2.75, 3.05) is 17.6 Å². The molecular weight excluding hydrogens is 338 g/mol. The van der Waals surface area contributed by atoms with Gasteiger partial charge in [-0.3, -0.25) is 0 Å². The summed E-state index contributed by atoms with van der Waals surface area (Å²) < 4.78 is 12.2. The van der Waals surface area contributed by atoms with E-state index < -0.39 is 0 Å². The minimum absolute atomic E-state index is 0.0704. The molecule has 1 saturated heterocycles. The van der Waals surface area contributed by atoms with Crippen molar-refractivity contribution in [1.82, 2.24) is 0 Å². The number of rotatable bonds is 4. The molecule has 1 fully saturated rings. The van der Waals surface area contributed by atoms with E-state index in [4.69, 9.17) is 21.1 Å². The standard InChI is InChI=1S/C12H14ClIO2/c13-11-4-2-1-3-10(11)12(7-14)16-9-5-6-15-8-9/h1-4,9,12H,5-8H2. The SMILES string of the molecule is Clc1ccccc1C(CI)OC1CCOC1. The van der Waals surface area contributed by atoms with Gasteiger partial charge in [0.05, 0.1) is 18.8 Å². The Morgan fingerprint density at radius 3 is 2.94 bits per heavy atom. The highest BCUT2D eigenvalue weighted by Gasteiger charge is 2.22. The second kappa shape index (κ2) is 6.19. The zero-order chi connectivity index (χ0) is 11.4. The van der Waals surface area contributed by atoms with Crippen molar-refractivity contribution >= 4 is 34.2 Å². The van der Waals surface area contributed by atoms with Gasteiger partial charge in [-0.1, -0.05) is 52.4 Å². The second-order valence-corrected chi connectivity index (χ2v) is 5.07. The number of ether oxygens (including phenoxy) is 2. The molecule has 1 aromatic rings. The highest BCUT2D eigenvalue weighted by atomic mass is 127. The van der Waals surface area contributed by atoms with E-state index in [2.05, 4.69) is 22.6 Å². The average Bonchev–Trinajstić information content (AvgIpc) is 2.80. The summed E-state index contributed by atoms with van der Waals surface area (Å²) in [6, 6.07) is 7.87. The summed E-state index contributed by atoms with van der Waals surface area (Å²) >= 11 is 8.50. The molecule has 0 N–H and O–H groups in total. The second-order valence-electron chi connectivity index (χ2n) is 3.79. The summed E-state index contributed by atoms with van der Waals surface area (Å²) in [6.07, 6.45) is 1.27. The summed E-state index contributed by atoms with van der Waals surface area (Å²) in [7, 11) is 0. The first kappa shape index (κ1) is 12.6. The fourth-order valence-corrected chi connectivity index (χ4v) is 2.72. The summed E-state index contributed by atoms with van der Waals surface area (Å²) in [5.74, 6) is 0. The molecule has 0 spiro atoms.